The van der Waals surface area contributed by atoms with Crippen LogP contribution in [0.25, 0.3) is 0 Å². The molecular weight excluding hydrogens is 246 g/mol. The Morgan fingerprint density at radius 2 is 2.05 bits per heavy atom. The summed E-state index contributed by atoms with van der Waals surface area (Å²) in [7, 11) is 3.20. The van der Waals surface area contributed by atoms with Crippen LogP contribution in [0.4, 0.5) is 0 Å². The largest absolute Gasteiger partial charge is 0.376 e. The molecule has 0 saturated carbocycles. The van der Waals surface area contributed by atoms with Gasteiger partial charge in [0.15, 0.2) is 0 Å². The van der Waals surface area contributed by atoms with Crippen molar-refractivity contribution in [2.24, 2.45) is 14.1 Å². The second-order valence-electron chi connectivity index (χ2n) is 5.01. The third kappa shape index (κ3) is 2.96. The van der Waals surface area contributed by atoms with Gasteiger partial charge in [0.1, 0.15) is 0 Å². The minimum Gasteiger partial charge on any atom is -0.376 e. The molecule has 1 aromatic heterocycles. The molecule has 0 aromatic carbocycles. The van der Waals surface area contributed by atoms with Crippen molar-refractivity contribution < 1.29 is 4.74 Å². The quantitative estimate of drug-likeness (QED) is 0.754. The van der Waals surface area contributed by atoms with Crippen molar-refractivity contribution in [2.75, 3.05) is 19.7 Å². The molecule has 0 radical (unpaired) electrons. The fourth-order valence-electron chi connectivity index (χ4n) is 2.33. The van der Waals surface area contributed by atoms with Crippen LogP contribution in [0.15, 0.2) is 15.7 Å². The fourth-order valence-corrected chi connectivity index (χ4v) is 2.33. The molecule has 0 spiro atoms. The molecule has 1 fully saturated rings. The monoisotopic (exact) mass is 267 g/mol. The second-order valence-corrected chi connectivity index (χ2v) is 5.01. The molecule has 1 saturated heterocycles. The number of morpholine rings is 1. The first-order valence-electron chi connectivity index (χ1n) is 6.62. The second kappa shape index (κ2) is 5.71. The van der Waals surface area contributed by atoms with Crippen LogP contribution in [0, 0.1) is 0 Å². The molecule has 0 unspecified atom stereocenters. The highest BCUT2D eigenvalue weighted by atomic mass is 16.5. The number of hydrogen-bond acceptors (Lipinski definition) is 4. The van der Waals surface area contributed by atoms with Gasteiger partial charge in [-0.2, -0.15) is 0 Å². The molecule has 1 atom stereocenters. The van der Waals surface area contributed by atoms with Gasteiger partial charge in [0.25, 0.3) is 5.56 Å². The smallest absolute Gasteiger partial charge is 0.330 e. The minimum atomic E-state index is -0.275. The molecule has 0 bridgehead atoms. The van der Waals surface area contributed by atoms with Gasteiger partial charge in [0, 0.05) is 45.5 Å². The van der Waals surface area contributed by atoms with Gasteiger partial charge < -0.3 is 4.74 Å². The molecule has 0 amide bonds. The van der Waals surface area contributed by atoms with Gasteiger partial charge in [-0.3, -0.25) is 18.8 Å². The van der Waals surface area contributed by atoms with Gasteiger partial charge in [-0.1, -0.05) is 6.92 Å². The maximum Gasteiger partial charge on any atom is 0.330 e. The van der Waals surface area contributed by atoms with Crippen molar-refractivity contribution in [3.63, 3.8) is 0 Å². The standard InChI is InChI=1S/C13H21N3O3/c1-4-11-9-16(5-6-19-11)8-10-7-12(17)15(3)13(18)14(10)2/h7,11H,4-6,8-9H2,1-3H3/t11-/m0/s1. The summed E-state index contributed by atoms with van der Waals surface area (Å²) in [5.74, 6) is 0. The lowest BCUT2D eigenvalue weighted by atomic mass is 10.2. The van der Waals surface area contributed by atoms with Crippen LogP contribution in [-0.4, -0.2) is 39.8 Å². The Morgan fingerprint density at radius 3 is 2.74 bits per heavy atom. The summed E-state index contributed by atoms with van der Waals surface area (Å²) in [6, 6.07) is 1.54. The molecule has 6 nitrogen and oxygen atoms in total. The van der Waals surface area contributed by atoms with Gasteiger partial charge in [-0.15, -0.1) is 0 Å². The van der Waals surface area contributed by atoms with Crippen molar-refractivity contribution in [2.45, 2.75) is 26.0 Å². The highest BCUT2D eigenvalue weighted by molar-refractivity contribution is 5.02. The highest BCUT2D eigenvalue weighted by Gasteiger charge is 2.20. The molecular formula is C13H21N3O3. The van der Waals surface area contributed by atoms with Gasteiger partial charge in [-0.25, -0.2) is 4.79 Å². The van der Waals surface area contributed by atoms with Crippen LogP contribution in [-0.2, 0) is 25.4 Å². The highest BCUT2D eigenvalue weighted by Crippen LogP contribution is 2.10. The van der Waals surface area contributed by atoms with E-state index < -0.39 is 0 Å². The molecule has 19 heavy (non-hydrogen) atoms. The molecule has 1 aromatic rings. The normalized spacial score (nSPS) is 20.7. The summed E-state index contributed by atoms with van der Waals surface area (Å²) < 4.78 is 8.28. The predicted octanol–water partition coefficient (Wildman–Crippen LogP) is -0.305. The molecule has 1 aliphatic heterocycles. The first-order chi connectivity index (χ1) is 9.02. The van der Waals surface area contributed by atoms with E-state index >= 15 is 0 Å². The van der Waals surface area contributed by atoms with Crippen LogP contribution in [0.5, 0.6) is 0 Å². The van der Waals surface area contributed by atoms with Crippen LogP contribution >= 0.6 is 0 Å². The van der Waals surface area contributed by atoms with E-state index in [9.17, 15) is 9.59 Å². The molecule has 1 aliphatic rings. The van der Waals surface area contributed by atoms with Gasteiger partial charge >= 0.3 is 5.69 Å². The summed E-state index contributed by atoms with van der Waals surface area (Å²) >= 11 is 0. The average Bonchev–Trinajstić information content (AvgIpc) is 2.42. The molecule has 0 N–H and O–H groups in total. The maximum absolute atomic E-state index is 11.9. The van der Waals surface area contributed by atoms with E-state index in [4.69, 9.17) is 4.74 Å². The summed E-state index contributed by atoms with van der Waals surface area (Å²) in [5.41, 5.74) is 0.228. The minimum absolute atomic E-state index is 0.248. The van der Waals surface area contributed by atoms with E-state index in [1.54, 1.807) is 7.05 Å². The lowest BCUT2D eigenvalue weighted by Crippen LogP contribution is -2.44. The van der Waals surface area contributed by atoms with Crippen molar-refractivity contribution in [3.05, 3.63) is 32.6 Å². The van der Waals surface area contributed by atoms with Crippen LogP contribution in [0.2, 0.25) is 0 Å². The zero-order valence-electron chi connectivity index (χ0n) is 11.8. The van der Waals surface area contributed by atoms with Crippen molar-refractivity contribution in [1.29, 1.82) is 0 Å². The number of nitrogens with zero attached hydrogens (tertiary/aromatic N) is 3. The summed E-state index contributed by atoms with van der Waals surface area (Å²) in [5, 5.41) is 0. The third-order valence-corrected chi connectivity index (χ3v) is 3.69. The Balaban J connectivity index is 2.20. The predicted molar refractivity (Wildman–Crippen MR) is 72.2 cm³/mol. The molecule has 2 rings (SSSR count). The lowest BCUT2D eigenvalue weighted by molar-refractivity contribution is -0.0331. The van der Waals surface area contributed by atoms with E-state index in [0.29, 0.717) is 13.2 Å². The summed E-state index contributed by atoms with van der Waals surface area (Å²) in [6.45, 7) is 5.10. The fraction of sp³-hybridized carbons (Fsp3) is 0.692. The number of rotatable bonds is 3. The number of aromatic nitrogens is 2. The maximum atomic E-state index is 11.9. The summed E-state index contributed by atoms with van der Waals surface area (Å²) in [4.78, 5) is 25.8. The Labute approximate surface area is 112 Å². The van der Waals surface area contributed by atoms with Crippen molar-refractivity contribution >= 4 is 0 Å². The molecule has 2 heterocycles. The first-order valence-corrected chi connectivity index (χ1v) is 6.62. The topological polar surface area (TPSA) is 56.5 Å². The van der Waals surface area contributed by atoms with Gasteiger partial charge in [0.2, 0.25) is 0 Å². The Morgan fingerprint density at radius 1 is 1.32 bits per heavy atom. The molecule has 6 heteroatoms. The van der Waals surface area contributed by atoms with Crippen LogP contribution in [0.3, 0.4) is 0 Å². The van der Waals surface area contributed by atoms with Gasteiger partial charge in [0.05, 0.1) is 12.7 Å². The SMILES string of the molecule is CC[C@H]1CN(Cc2cc(=O)n(C)c(=O)n2C)CCO1. The Hall–Kier alpha value is -1.40. The third-order valence-electron chi connectivity index (χ3n) is 3.69. The van der Waals surface area contributed by atoms with E-state index in [1.807, 2.05) is 0 Å². The van der Waals surface area contributed by atoms with Gasteiger partial charge in [-0.05, 0) is 6.42 Å². The zero-order valence-corrected chi connectivity index (χ0v) is 11.8. The van der Waals surface area contributed by atoms with E-state index in [1.165, 1.54) is 17.7 Å². The average molecular weight is 267 g/mol. The van der Waals surface area contributed by atoms with E-state index in [-0.39, 0.29) is 17.4 Å². The molecule has 106 valence electrons. The first kappa shape index (κ1) is 14.0. The molecule has 0 aliphatic carbocycles. The van der Waals surface area contributed by atoms with Crippen molar-refractivity contribution in [3.8, 4) is 0 Å². The zero-order chi connectivity index (χ0) is 14.0. The van der Waals surface area contributed by atoms with E-state index in [2.05, 4.69) is 11.8 Å². The number of hydrogen-bond donors (Lipinski definition) is 0. The van der Waals surface area contributed by atoms with E-state index in [0.717, 1.165) is 29.8 Å². The Bertz CT molecular complexity index is 561. The van der Waals surface area contributed by atoms with Crippen LogP contribution in [0.1, 0.15) is 19.0 Å². The lowest BCUT2D eigenvalue weighted by Gasteiger charge is -2.32. The van der Waals surface area contributed by atoms with Crippen LogP contribution < -0.4 is 11.2 Å². The number of ether oxygens (including phenoxy) is 1. The summed E-state index contributed by atoms with van der Waals surface area (Å²) in [6.07, 6.45) is 1.23. The Kier molecular flexibility index (Phi) is 4.21. The van der Waals surface area contributed by atoms with Crippen molar-refractivity contribution in [1.82, 2.24) is 14.0 Å².